The molecular formula is C11H13NO3. The molecule has 0 aliphatic rings. The SMILES string of the molecule is CC(=O)CNC(=O)Cc1ccccc1O. The number of hydrogen-bond donors (Lipinski definition) is 2. The average molecular weight is 207 g/mol. The molecule has 1 aromatic carbocycles. The van der Waals surface area contributed by atoms with E-state index in [1.165, 1.54) is 13.0 Å². The Morgan fingerprint density at radius 1 is 1.33 bits per heavy atom. The number of rotatable bonds is 4. The van der Waals surface area contributed by atoms with E-state index in [4.69, 9.17) is 0 Å². The van der Waals surface area contributed by atoms with Crippen molar-refractivity contribution in [3.05, 3.63) is 29.8 Å². The number of phenolic OH excluding ortho intramolecular Hbond substituents is 1. The van der Waals surface area contributed by atoms with Crippen molar-refractivity contribution in [3.8, 4) is 5.75 Å². The van der Waals surface area contributed by atoms with Gasteiger partial charge < -0.3 is 10.4 Å². The van der Waals surface area contributed by atoms with Crippen LogP contribution in [-0.2, 0) is 16.0 Å². The van der Waals surface area contributed by atoms with Crippen molar-refractivity contribution in [2.24, 2.45) is 0 Å². The van der Waals surface area contributed by atoms with Gasteiger partial charge in [0.15, 0.2) is 0 Å². The fourth-order valence-corrected chi connectivity index (χ4v) is 1.12. The Labute approximate surface area is 87.9 Å². The van der Waals surface area contributed by atoms with Gasteiger partial charge in [0.25, 0.3) is 0 Å². The van der Waals surface area contributed by atoms with Crippen LogP contribution in [0, 0.1) is 0 Å². The number of para-hydroxylation sites is 1. The Balaban J connectivity index is 2.52. The molecule has 0 spiro atoms. The summed E-state index contributed by atoms with van der Waals surface area (Å²) in [5.41, 5.74) is 0.554. The molecule has 1 amide bonds. The molecule has 0 fully saturated rings. The van der Waals surface area contributed by atoms with Crippen LogP contribution in [0.1, 0.15) is 12.5 Å². The van der Waals surface area contributed by atoms with Crippen molar-refractivity contribution in [1.82, 2.24) is 5.32 Å². The van der Waals surface area contributed by atoms with Gasteiger partial charge in [-0.25, -0.2) is 0 Å². The van der Waals surface area contributed by atoms with Gasteiger partial charge >= 0.3 is 0 Å². The zero-order valence-electron chi connectivity index (χ0n) is 8.49. The first-order chi connectivity index (χ1) is 7.09. The number of carbonyl (C=O) groups excluding carboxylic acids is 2. The summed E-state index contributed by atoms with van der Waals surface area (Å²) in [6.07, 6.45) is 0.0833. The zero-order chi connectivity index (χ0) is 11.3. The monoisotopic (exact) mass is 207 g/mol. The third-order valence-corrected chi connectivity index (χ3v) is 1.88. The Hall–Kier alpha value is -1.84. The lowest BCUT2D eigenvalue weighted by Crippen LogP contribution is -2.29. The Morgan fingerprint density at radius 3 is 2.60 bits per heavy atom. The lowest BCUT2D eigenvalue weighted by atomic mass is 10.1. The van der Waals surface area contributed by atoms with Crippen LogP contribution in [0.5, 0.6) is 5.75 Å². The van der Waals surface area contributed by atoms with Crippen LogP contribution in [-0.4, -0.2) is 23.3 Å². The smallest absolute Gasteiger partial charge is 0.224 e. The minimum Gasteiger partial charge on any atom is -0.508 e. The Morgan fingerprint density at radius 2 is 2.00 bits per heavy atom. The Bertz CT molecular complexity index is 374. The first kappa shape index (κ1) is 11.2. The normalized spacial score (nSPS) is 9.67. The Kier molecular flexibility index (Phi) is 3.85. The lowest BCUT2D eigenvalue weighted by Gasteiger charge is -2.04. The second-order valence-electron chi connectivity index (χ2n) is 3.28. The maximum atomic E-state index is 11.3. The molecule has 80 valence electrons. The van der Waals surface area contributed by atoms with Crippen molar-refractivity contribution in [3.63, 3.8) is 0 Å². The number of aromatic hydroxyl groups is 1. The number of benzene rings is 1. The summed E-state index contributed by atoms with van der Waals surface area (Å²) in [6, 6.07) is 6.62. The molecule has 1 aromatic rings. The number of nitrogens with one attached hydrogen (secondary N) is 1. The van der Waals surface area contributed by atoms with Gasteiger partial charge in [0.05, 0.1) is 13.0 Å². The molecule has 0 bridgehead atoms. The van der Waals surface area contributed by atoms with E-state index in [-0.39, 0.29) is 30.4 Å². The highest BCUT2D eigenvalue weighted by atomic mass is 16.3. The number of amides is 1. The summed E-state index contributed by atoms with van der Waals surface area (Å²) in [6.45, 7) is 1.44. The van der Waals surface area contributed by atoms with Crippen LogP contribution < -0.4 is 5.32 Å². The number of Topliss-reactive ketones (excluding diaryl/α,β-unsaturated/α-hetero) is 1. The first-order valence-electron chi connectivity index (χ1n) is 4.62. The maximum absolute atomic E-state index is 11.3. The van der Waals surface area contributed by atoms with E-state index in [1.54, 1.807) is 18.2 Å². The van der Waals surface area contributed by atoms with Gasteiger partial charge in [-0.05, 0) is 13.0 Å². The van der Waals surface area contributed by atoms with Crippen LogP contribution >= 0.6 is 0 Å². The van der Waals surface area contributed by atoms with Crippen molar-refractivity contribution in [2.45, 2.75) is 13.3 Å². The number of ketones is 1. The van der Waals surface area contributed by atoms with E-state index in [1.807, 2.05) is 0 Å². The summed E-state index contributed by atoms with van der Waals surface area (Å²) in [5.74, 6) is -0.275. The molecule has 2 N–H and O–H groups in total. The summed E-state index contributed by atoms with van der Waals surface area (Å²) >= 11 is 0. The van der Waals surface area contributed by atoms with E-state index in [0.717, 1.165) is 0 Å². The molecule has 0 radical (unpaired) electrons. The minimum atomic E-state index is -0.272. The van der Waals surface area contributed by atoms with E-state index in [2.05, 4.69) is 5.32 Å². The van der Waals surface area contributed by atoms with E-state index < -0.39 is 0 Å². The fraction of sp³-hybridized carbons (Fsp3) is 0.273. The maximum Gasteiger partial charge on any atom is 0.224 e. The molecule has 0 unspecified atom stereocenters. The van der Waals surface area contributed by atoms with Gasteiger partial charge in [-0.15, -0.1) is 0 Å². The molecule has 4 heteroatoms. The molecule has 0 saturated heterocycles. The summed E-state index contributed by atoms with van der Waals surface area (Å²) in [5, 5.41) is 11.8. The van der Waals surface area contributed by atoms with Gasteiger partial charge in [-0.1, -0.05) is 18.2 Å². The van der Waals surface area contributed by atoms with Gasteiger partial charge in [-0.3, -0.25) is 9.59 Å². The molecule has 1 rings (SSSR count). The fourth-order valence-electron chi connectivity index (χ4n) is 1.12. The van der Waals surface area contributed by atoms with E-state index in [9.17, 15) is 14.7 Å². The molecule has 0 heterocycles. The zero-order valence-corrected chi connectivity index (χ0v) is 8.49. The summed E-state index contributed by atoms with van der Waals surface area (Å²) in [7, 11) is 0. The first-order valence-corrected chi connectivity index (χ1v) is 4.62. The van der Waals surface area contributed by atoms with Crippen LogP contribution in [0.2, 0.25) is 0 Å². The molecular weight excluding hydrogens is 194 g/mol. The largest absolute Gasteiger partial charge is 0.508 e. The minimum absolute atomic E-state index is 0.0342. The van der Waals surface area contributed by atoms with Gasteiger partial charge in [0.2, 0.25) is 5.91 Å². The number of carbonyl (C=O) groups is 2. The van der Waals surface area contributed by atoms with Gasteiger partial charge in [0.1, 0.15) is 11.5 Å². The number of phenols is 1. The van der Waals surface area contributed by atoms with Gasteiger partial charge in [0, 0.05) is 5.56 Å². The third kappa shape index (κ3) is 3.81. The van der Waals surface area contributed by atoms with Crippen LogP contribution in [0.4, 0.5) is 0 Å². The van der Waals surface area contributed by atoms with Crippen LogP contribution in [0.25, 0.3) is 0 Å². The number of hydrogen-bond acceptors (Lipinski definition) is 3. The topological polar surface area (TPSA) is 66.4 Å². The second-order valence-corrected chi connectivity index (χ2v) is 3.28. The van der Waals surface area contributed by atoms with Crippen LogP contribution in [0.15, 0.2) is 24.3 Å². The summed E-state index contributed by atoms with van der Waals surface area (Å²) < 4.78 is 0. The quantitative estimate of drug-likeness (QED) is 0.761. The second kappa shape index (κ2) is 5.14. The molecule has 0 atom stereocenters. The van der Waals surface area contributed by atoms with Crippen molar-refractivity contribution < 1.29 is 14.7 Å². The highest BCUT2D eigenvalue weighted by Gasteiger charge is 2.06. The molecule has 15 heavy (non-hydrogen) atoms. The average Bonchev–Trinajstić information content (AvgIpc) is 2.18. The molecule has 4 nitrogen and oxygen atoms in total. The molecule has 0 aromatic heterocycles. The highest BCUT2D eigenvalue weighted by molar-refractivity contribution is 5.85. The highest BCUT2D eigenvalue weighted by Crippen LogP contribution is 2.15. The van der Waals surface area contributed by atoms with Crippen molar-refractivity contribution in [2.75, 3.05) is 6.54 Å². The van der Waals surface area contributed by atoms with E-state index in [0.29, 0.717) is 5.56 Å². The van der Waals surface area contributed by atoms with E-state index >= 15 is 0 Å². The predicted molar refractivity (Wildman–Crippen MR) is 55.5 cm³/mol. The predicted octanol–water partition coefficient (Wildman–Crippen LogP) is 0.640. The molecule has 0 aliphatic carbocycles. The van der Waals surface area contributed by atoms with Crippen molar-refractivity contribution >= 4 is 11.7 Å². The third-order valence-electron chi connectivity index (χ3n) is 1.88. The lowest BCUT2D eigenvalue weighted by molar-refractivity contribution is -0.124. The van der Waals surface area contributed by atoms with Crippen molar-refractivity contribution in [1.29, 1.82) is 0 Å². The molecule has 0 saturated carbocycles. The standard InChI is InChI=1S/C11H13NO3/c1-8(13)7-12-11(15)6-9-4-2-3-5-10(9)14/h2-5,14H,6-7H2,1H3,(H,12,15). The molecule has 0 aliphatic heterocycles. The summed E-state index contributed by atoms with van der Waals surface area (Å²) in [4.78, 5) is 21.9. The van der Waals surface area contributed by atoms with Gasteiger partial charge in [-0.2, -0.15) is 0 Å². The van der Waals surface area contributed by atoms with Crippen LogP contribution in [0.3, 0.4) is 0 Å².